The standard InChI is InChI=1S/C25H31N3O3/c1-27(2)15-14-26-25(29)24-13-12-23(31-24)19-28(17-20-8-5-4-6-9-20)18-21-10-7-11-22(16-21)30-3/h4-13,16H,14-15,17-19H2,1-3H3,(H,26,29)/p+2. The van der Waals surface area contributed by atoms with E-state index in [0.717, 1.165) is 31.1 Å². The van der Waals surface area contributed by atoms with Crippen molar-refractivity contribution in [3.8, 4) is 5.75 Å². The van der Waals surface area contributed by atoms with Crippen molar-refractivity contribution in [2.45, 2.75) is 19.6 Å². The van der Waals surface area contributed by atoms with Crippen molar-refractivity contribution in [2.24, 2.45) is 0 Å². The third-order valence-corrected chi connectivity index (χ3v) is 5.11. The Bertz CT molecular complexity index is 953. The Labute approximate surface area is 184 Å². The minimum Gasteiger partial charge on any atom is -0.497 e. The first-order chi connectivity index (χ1) is 15.0. The summed E-state index contributed by atoms with van der Waals surface area (Å²) in [6.07, 6.45) is 0. The molecular weight excluding hydrogens is 390 g/mol. The summed E-state index contributed by atoms with van der Waals surface area (Å²) in [5.41, 5.74) is 2.46. The lowest BCUT2D eigenvalue weighted by atomic mass is 10.1. The quantitative estimate of drug-likeness (QED) is 0.430. The highest BCUT2D eigenvalue weighted by Gasteiger charge is 2.17. The van der Waals surface area contributed by atoms with E-state index in [1.165, 1.54) is 20.9 Å². The Balaban J connectivity index is 1.69. The van der Waals surface area contributed by atoms with Gasteiger partial charge in [-0.1, -0.05) is 42.5 Å². The normalized spacial score (nSPS) is 12.0. The molecule has 0 radical (unpaired) electrons. The summed E-state index contributed by atoms with van der Waals surface area (Å²) >= 11 is 0. The van der Waals surface area contributed by atoms with E-state index in [4.69, 9.17) is 9.15 Å². The van der Waals surface area contributed by atoms with Gasteiger partial charge in [-0.15, -0.1) is 0 Å². The number of quaternary nitrogens is 2. The van der Waals surface area contributed by atoms with E-state index in [2.05, 4.69) is 55.8 Å². The second-order valence-electron chi connectivity index (χ2n) is 8.10. The van der Waals surface area contributed by atoms with Crippen LogP contribution < -0.4 is 19.9 Å². The van der Waals surface area contributed by atoms with Gasteiger partial charge in [0, 0.05) is 11.1 Å². The van der Waals surface area contributed by atoms with E-state index in [1.807, 2.05) is 24.3 Å². The Morgan fingerprint density at radius 3 is 2.42 bits per heavy atom. The maximum atomic E-state index is 12.3. The Kier molecular flexibility index (Phi) is 8.27. The van der Waals surface area contributed by atoms with Gasteiger partial charge in [-0.2, -0.15) is 0 Å². The number of likely N-dealkylation sites (N-methyl/N-ethyl adjacent to an activating group) is 1. The van der Waals surface area contributed by atoms with Gasteiger partial charge in [-0.25, -0.2) is 0 Å². The summed E-state index contributed by atoms with van der Waals surface area (Å²) in [6.45, 7) is 3.85. The first-order valence-corrected chi connectivity index (χ1v) is 10.7. The van der Waals surface area contributed by atoms with Crippen LogP contribution in [0.2, 0.25) is 0 Å². The zero-order chi connectivity index (χ0) is 22.1. The van der Waals surface area contributed by atoms with E-state index >= 15 is 0 Å². The molecule has 3 aromatic rings. The monoisotopic (exact) mass is 423 g/mol. The van der Waals surface area contributed by atoms with Gasteiger partial charge in [-0.05, 0) is 24.3 Å². The van der Waals surface area contributed by atoms with Gasteiger partial charge in [0.2, 0.25) is 0 Å². The van der Waals surface area contributed by atoms with Crippen molar-refractivity contribution in [2.75, 3.05) is 34.3 Å². The summed E-state index contributed by atoms with van der Waals surface area (Å²) in [5.74, 6) is 1.86. The number of rotatable bonds is 11. The number of ether oxygens (including phenoxy) is 1. The van der Waals surface area contributed by atoms with Crippen LogP contribution >= 0.6 is 0 Å². The highest BCUT2D eigenvalue weighted by Crippen LogP contribution is 2.12. The van der Waals surface area contributed by atoms with Crippen molar-refractivity contribution in [3.05, 3.63) is 89.4 Å². The smallest absolute Gasteiger partial charge is 0.287 e. The molecule has 1 heterocycles. The van der Waals surface area contributed by atoms with Gasteiger partial charge in [0.1, 0.15) is 25.4 Å². The molecule has 0 bridgehead atoms. The highest BCUT2D eigenvalue weighted by molar-refractivity contribution is 5.91. The SMILES string of the molecule is COc1cccc(C[NH+](Cc2ccccc2)Cc2ccc(C(=O)NCC[NH+](C)C)o2)c1. The highest BCUT2D eigenvalue weighted by atomic mass is 16.5. The molecule has 0 aliphatic rings. The minimum absolute atomic E-state index is 0.162. The van der Waals surface area contributed by atoms with Crippen LogP contribution in [0.5, 0.6) is 5.75 Å². The molecule has 31 heavy (non-hydrogen) atoms. The predicted octanol–water partition coefficient (Wildman–Crippen LogP) is 0.948. The molecule has 6 heteroatoms. The molecule has 1 aromatic heterocycles. The number of carbonyl (C=O) groups excluding carboxylic acids is 1. The maximum Gasteiger partial charge on any atom is 0.287 e. The summed E-state index contributed by atoms with van der Waals surface area (Å²) < 4.78 is 11.3. The van der Waals surface area contributed by atoms with Crippen LogP contribution in [0.15, 0.2) is 71.1 Å². The molecule has 2 aromatic carbocycles. The predicted molar refractivity (Wildman–Crippen MR) is 120 cm³/mol. The summed E-state index contributed by atoms with van der Waals surface area (Å²) in [7, 11) is 5.80. The van der Waals surface area contributed by atoms with E-state index in [0.29, 0.717) is 18.8 Å². The molecule has 1 atom stereocenters. The van der Waals surface area contributed by atoms with Crippen molar-refractivity contribution < 1.29 is 23.7 Å². The van der Waals surface area contributed by atoms with Crippen molar-refractivity contribution in [3.63, 3.8) is 0 Å². The van der Waals surface area contributed by atoms with E-state index < -0.39 is 0 Å². The van der Waals surface area contributed by atoms with Gasteiger partial charge in [0.15, 0.2) is 11.5 Å². The molecule has 3 rings (SSSR count). The molecule has 0 aliphatic heterocycles. The lowest BCUT2D eigenvalue weighted by Gasteiger charge is -2.19. The van der Waals surface area contributed by atoms with Crippen molar-refractivity contribution >= 4 is 5.91 Å². The van der Waals surface area contributed by atoms with Crippen LogP contribution in [-0.2, 0) is 19.6 Å². The van der Waals surface area contributed by atoms with Crippen molar-refractivity contribution in [1.82, 2.24) is 5.32 Å². The molecule has 164 valence electrons. The largest absolute Gasteiger partial charge is 0.497 e. The van der Waals surface area contributed by atoms with Crippen LogP contribution in [0.1, 0.15) is 27.4 Å². The van der Waals surface area contributed by atoms with Crippen molar-refractivity contribution in [1.29, 1.82) is 0 Å². The molecule has 1 amide bonds. The molecule has 1 unspecified atom stereocenters. The lowest BCUT2D eigenvalue weighted by Crippen LogP contribution is -3.08. The summed E-state index contributed by atoms with van der Waals surface area (Å²) in [6, 6.07) is 22.2. The second kappa shape index (κ2) is 11.3. The number of furan rings is 1. The molecule has 0 aliphatic carbocycles. The zero-order valence-corrected chi connectivity index (χ0v) is 18.6. The number of benzene rings is 2. The fourth-order valence-corrected chi connectivity index (χ4v) is 3.50. The second-order valence-corrected chi connectivity index (χ2v) is 8.10. The first kappa shape index (κ1) is 22.6. The summed E-state index contributed by atoms with van der Waals surface area (Å²) in [5, 5.41) is 2.92. The molecule has 0 fully saturated rings. The van der Waals surface area contributed by atoms with Gasteiger partial charge >= 0.3 is 0 Å². The number of methoxy groups -OCH3 is 1. The molecule has 0 saturated carbocycles. The first-order valence-electron chi connectivity index (χ1n) is 10.7. The average Bonchev–Trinajstić information content (AvgIpc) is 3.23. The van der Waals surface area contributed by atoms with Gasteiger partial charge in [0.25, 0.3) is 5.91 Å². The van der Waals surface area contributed by atoms with E-state index in [-0.39, 0.29) is 5.91 Å². The van der Waals surface area contributed by atoms with E-state index in [9.17, 15) is 4.79 Å². The Morgan fingerprint density at radius 2 is 1.68 bits per heavy atom. The van der Waals surface area contributed by atoms with Gasteiger partial charge in [-0.3, -0.25) is 4.79 Å². The fourth-order valence-electron chi connectivity index (χ4n) is 3.50. The topological polar surface area (TPSA) is 60.4 Å². The zero-order valence-electron chi connectivity index (χ0n) is 18.6. The number of amides is 1. The van der Waals surface area contributed by atoms with Gasteiger partial charge < -0.3 is 24.3 Å². The van der Waals surface area contributed by atoms with Crippen LogP contribution in [0, 0.1) is 0 Å². The minimum atomic E-state index is -0.162. The van der Waals surface area contributed by atoms with Crippen LogP contribution in [0.3, 0.4) is 0 Å². The van der Waals surface area contributed by atoms with Crippen LogP contribution in [0.25, 0.3) is 0 Å². The molecule has 0 saturated heterocycles. The number of nitrogens with one attached hydrogen (secondary N) is 3. The number of carbonyl (C=O) groups is 1. The molecule has 3 N–H and O–H groups in total. The fraction of sp³-hybridized carbons (Fsp3) is 0.320. The number of hydrogen-bond donors (Lipinski definition) is 3. The molecule has 0 spiro atoms. The summed E-state index contributed by atoms with van der Waals surface area (Å²) in [4.78, 5) is 14.9. The average molecular weight is 424 g/mol. The molecular formula is C25H33N3O3+2. The maximum absolute atomic E-state index is 12.3. The van der Waals surface area contributed by atoms with Crippen LogP contribution in [-0.4, -0.2) is 40.2 Å². The Morgan fingerprint density at radius 1 is 0.935 bits per heavy atom. The van der Waals surface area contributed by atoms with E-state index in [1.54, 1.807) is 13.2 Å². The lowest BCUT2D eigenvalue weighted by molar-refractivity contribution is -0.942. The molecule has 6 nitrogen and oxygen atoms in total. The number of hydrogen-bond acceptors (Lipinski definition) is 3. The van der Waals surface area contributed by atoms with Crippen LogP contribution in [0.4, 0.5) is 0 Å². The van der Waals surface area contributed by atoms with Gasteiger partial charge in [0.05, 0.1) is 34.3 Å². The third-order valence-electron chi connectivity index (χ3n) is 5.11. The third kappa shape index (κ3) is 7.27. The Hall–Kier alpha value is -3.09.